The van der Waals surface area contributed by atoms with Gasteiger partial charge in [-0.25, -0.2) is 4.79 Å². The number of esters is 1. The first kappa shape index (κ1) is 6.55. The summed E-state index contributed by atoms with van der Waals surface area (Å²) in [6.45, 7) is 3.71. The molecule has 3 heteroatoms. The van der Waals surface area contributed by atoms with Crippen LogP contribution in [0.15, 0.2) is 0 Å². The van der Waals surface area contributed by atoms with Crippen molar-refractivity contribution in [2.24, 2.45) is 0 Å². The van der Waals surface area contributed by atoms with Gasteiger partial charge in [0.1, 0.15) is 5.60 Å². The fourth-order valence-corrected chi connectivity index (χ4v) is 0.709. The molecule has 0 saturated carbocycles. The third kappa shape index (κ3) is 1.05. The Morgan fingerprint density at radius 1 is 1.67 bits per heavy atom. The molecular weight excluding hydrogens is 120 g/mol. The van der Waals surface area contributed by atoms with Crippen LogP contribution in [-0.4, -0.2) is 24.8 Å². The lowest BCUT2D eigenvalue weighted by Crippen LogP contribution is -2.15. The predicted octanol–water partition coefficient (Wildman–Crippen LogP) is 0.337. The molecule has 0 N–H and O–H groups in total. The summed E-state index contributed by atoms with van der Waals surface area (Å²) in [5, 5.41) is 0. The number of hydrogen-bond donors (Lipinski definition) is 0. The molecule has 0 spiro atoms. The highest BCUT2D eigenvalue weighted by atomic mass is 16.6. The largest absolute Gasteiger partial charge is 0.467 e. The molecule has 0 aliphatic carbocycles. The first-order valence-corrected chi connectivity index (χ1v) is 2.83. The van der Waals surface area contributed by atoms with Gasteiger partial charge in [-0.05, 0) is 13.8 Å². The van der Waals surface area contributed by atoms with E-state index in [1.54, 1.807) is 0 Å². The lowest BCUT2D eigenvalue weighted by Gasteiger charge is -1.93. The van der Waals surface area contributed by atoms with E-state index in [9.17, 15) is 4.79 Å². The van der Waals surface area contributed by atoms with Gasteiger partial charge in [0.15, 0.2) is 6.10 Å². The highest BCUT2D eigenvalue weighted by Gasteiger charge is 2.54. The van der Waals surface area contributed by atoms with Gasteiger partial charge in [0, 0.05) is 0 Å². The Morgan fingerprint density at radius 2 is 2.11 bits per heavy atom. The second kappa shape index (κ2) is 1.70. The molecule has 1 heterocycles. The van der Waals surface area contributed by atoms with Crippen LogP contribution in [0.3, 0.4) is 0 Å². The minimum atomic E-state index is -0.331. The second-order valence-corrected chi connectivity index (χ2v) is 2.62. The molecule has 0 bridgehead atoms. The van der Waals surface area contributed by atoms with Crippen molar-refractivity contribution in [2.45, 2.75) is 25.6 Å². The Bertz CT molecular complexity index is 139. The summed E-state index contributed by atoms with van der Waals surface area (Å²) in [6, 6.07) is 0. The second-order valence-electron chi connectivity index (χ2n) is 2.62. The van der Waals surface area contributed by atoms with Crippen molar-refractivity contribution in [3.8, 4) is 0 Å². The monoisotopic (exact) mass is 130 g/mol. The maximum atomic E-state index is 10.6. The molecular formula is C6H10O3. The first-order valence-electron chi connectivity index (χ1n) is 2.83. The highest BCUT2D eigenvalue weighted by Crippen LogP contribution is 2.35. The Kier molecular flexibility index (Phi) is 1.24. The van der Waals surface area contributed by atoms with Crippen LogP contribution in [0.2, 0.25) is 0 Å². The maximum absolute atomic E-state index is 10.6. The molecule has 1 saturated heterocycles. The number of hydrogen-bond acceptors (Lipinski definition) is 3. The standard InChI is InChI=1S/C6H10O3/c1-6(2)4(9-6)5(7)8-3/h4H,1-3H3. The molecule has 9 heavy (non-hydrogen) atoms. The van der Waals surface area contributed by atoms with Gasteiger partial charge in [-0.15, -0.1) is 0 Å². The van der Waals surface area contributed by atoms with Crippen LogP contribution in [0, 0.1) is 0 Å². The van der Waals surface area contributed by atoms with Crippen molar-refractivity contribution in [2.75, 3.05) is 7.11 Å². The molecule has 0 aromatic carbocycles. The molecule has 0 aromatic heterocycles. The van der Waals surface area contributed by atoms with Crippen LogP contribution in [0.25, 0.3) is 0 Å². The number of rotatable bonds is 1. The summed E-state index contributed by atoms with van der Waals surface area (Å²) in [5.74, 6) is -0.278. The fourth-order valence-electron chi connectivity index (χ4n) is 0.709. The molecule has 1 aliphatic rings. The summed E-state index contributed by atoms with van der Waals surface area (Å²) in [5.41, 5.74) is -0.285. The predicted molar refractivity (Wildman–Crippen MR) is 31.0 cm³/mol. The zero-order chi connectivity index (χ0) is 7.07. The van der Waals surface area contributed by atoms with E-state index >= 15 is 0 Å². The van der Waals surface area contributed by atoms with E-state index in [1.807, 2.05) is 13.8 Å². The SMILES string of the molecule is COC(=O)C1OC1(C)C. The summed E-state index contributed by atoms with van der Waals surface area (Å²) in [7, 11) is 1.36. The van der Waals surface area contributed by atoms with Gasteiger partial charge in [0.05, 0.1) is 7.11 Å². The molecule has 0 aromatic rings. The lowest BCUT2D eigenvalue weighted by atomic mass is 10.1. The van der Waals surface area contributed by atoms with E-state index < -0.39 is 0 Å². The van der Waals surface area contributed by atoms with Gasteiger partial charge in [-0.2, -0.15) is 0 Å². The Morgan fingerprint density at radius 3 is 2.22 bits per heavy atom. The third-order valence-electron chi connectivity index (χ3n) is 1.41. The van der Waals surface area contributed by atoms with Gasteiger partial charge in [-0.3, -0.25) is 0 Å². The quantitative estimate of drug-likeness (QED) is 0.379. The van der Waals surface area contributed by atoms with E-state index in [2.05, 4.69) is 4.74 Å². The van der Waals surface area contributed by atoms with E-state index in [-0.39, 0.29) is 17.7 Å². The van der Waals surface area contributed by atoms with Crippen LogP contribution in [0.5, 0.6) is 0 Å². The van der Waals surface area contributed by atoms with Crippen LogP contribution in [0.4, 0.5) is 0 Å². The van der Waals surface area contributed by atoms with E-state index in [4.69, 9.17) is 4.74 Å². The van der Waals surface area contributed by atoms with Crippen LogP contribution < -0.4 is 0 Å². The van der Waals surface area contributed by atoms with Gasteiger partial charge in [0.2, 0.25) is 0 Å². The van der Waals surface area contributed by atoms with Crippen LogP contribution in [0.1, 0.15) is 13.8 Å². The van der Waals surface area contributed by atoms with Crippen molar-refractivity contribution in [3.05, 3.63) is 0 Å². The molecule has 1 fully saturated rings. The van der Waals surface area contributed by atoms with Crippen molar-refractivity contribution in [3.63, 3.8) is 0 Å². The van der Waals surface area contributed by atoms with Gasteiger partial charge in [0.25, 0.3) is 0 Å². The smallest absolute Gasteiger partial charge is 0.338 e. The molecule has 0 radical (unpaired) electrons. The number of ether oxygens (including phenoxy) is 2. The third-order valence-corrected chi connectivity index (χ3v) is 1.41. The minimum Gasteiger partial charge on any atom is -0.467 e. The Labute approximate surface area is 53.9 Å². The summed E-state index contributed by atoms with van der Waals surface area (Å²) in [4.78, 5) is 10.6. The van der Waals surface area contributed by atoms with Gasteiger partial charge >= 0.3 is 5.97 Å². The molecule has 52 valence electrons. The Hall–Kier alpha value is -0.570. The van der Waals surface area contributed by atoms with Crippen LogP contribution >= 0.6 is 0 Å². The topological polar surface area (TPSA) is 38.8 Å². The Balaban J connectivity index is 2.42. The molecule has 1 rings (SSSR count). The molecule has 0 amide bonds. The molecule has 1 unspecified atom stereocenters. The van der Waals surface area contributed by atoms with Crippen LogP contribution in [-0.2, 0) is 14.3 Å². The van der Waals surface area contributed by atoms with E-state index in [0.29, 0.717) is 0 Å². The number of epoxide rings is 1. The summed E-state index contributed by atoms with van der Waals surface area (Å²) in [6.07, 6.45) is -0.331. The van der Waals surface area contributed by atoms with Crippen molar-refractivity contribution >= 4 is 5.97 Å². The zero-order valence-electron chi connectivity index (χ0n) is 5.80. The molecule has 1 atom stereocenters. The first-order chi connectivity index (χ1) is 4.08. The van der Waals surface area contributed by atoms with E-state index in [0.717, 1.165) is 0 Å². The van der Waals surface area contributed by atoms with Crippen molar-refractivity contribution in [1.29, 1.82) is 0 Å². The zero-order valence-corrected chi connectivity index (χ0v) is 5.80. The fraction of sp³-hybridized carbons (Fsp3) is 0.833. The number of methoxy groups -OCH3 is 1. The molecule has 3 nitrogen and oxygen atoms in total. The van der Waals surface area contributed by atoms with E-state index in [1.165, 1.54) is 7.11 Å². The highest BCUT2D eigenvalue weighted by molar-refractivity contribution is 5.78. The van der Waals surface area contributed by atoms with Gasteiger partial charge in [-0.1, -0.05) is 0 Å². The van der Waals surface area contributed by atoms with Gasteiger partial charge < -0.3 is 9.47 Å². The van der Waals surface area contributed by atoms with Crippen molar-refractivity contribution < 1.29 is 14.3 Å². The average Bonchev–Trinajstić information content (AvgIpc) is 2.38. The average molecular weight is 130 g/mol. The summed E-state index contributed by atoms with van der Waals surface area (Å²) >= 11 is 0. The molecule has 1 aliphatic heterocycles. The maximum Gasteiger partial charge on any atom is 0.338 e. The lowest BCUT2D eigenvalue weighted by molar-refractivity contribution is -0.142. The number of carbonyl (C=O) groups is 1. The summed E-state index contributed by atoms with van der Waals surface area (Å²) < 4.78 is 9.43. The minimum absolute atomic E-state index is 0.278. The number of carbonyl (C=O) groups excluding carboxylic acids is 1. The normalized spacial score (nSPS) is 29.4. The van der Waals surface area contributed by atoms with Crippen molar-refractivity contribution in [1.82, 2.24) is 0 Å².